The molecule has 4 nitrogen and oxygen atoms in total. The van der Waals surface area contributed by atoms with Gasteiger partial charge < -0.3 is 4.90 Å². The van der Waals surface area contributed by atoms with Crippen LogP contribution in [0.2, 0.25) is 5.02 Å². The van der Waals surface area contributed by atoms with E-state index in [2.05, 4.69) is 9.88 Å². The number of anilines is 1. The average Bonchev–Trinajstić information content (AvgIpc) is 3.15. The smallest absolute Gasteiger partial charge is 0.260 e. The van der Waals surface area contributed by atoms with Crippen LogP contribution >= 0.6 is 35.3 Å². The van der Waals surface area contributed by atoms with Gasteiger partial charge in [-0.2, -0.15) is 0 Å². The highest BCUT2D eigenvalue weighted by molar-refractivity contribution is 7.14. The highest BCUT2D eigenvalue weighted by Crippen LogP contribution is 2.29. The minimum atomic E-state index is -0.430. The van der Waals surface area contributed by atoms with Gasteiger partial charge in [-0.25, -0.2) is 9.37 Å². The molecular formula is C21H22Cl2FN3OS. The first-order chi connectivity index (χ1) is 13.4. The fraction of sp³-hybridized carbons (Fsp3) is 0.238. The van der Waals surface area contributed by atoms with Crippen molar-refractivity contribution in [3.05, 3.63) is 70.3 Å². The van der Waals surface area contributed by atoms with Crippen molar-refractivity contribution in [3.63, 3.8) is 0 Å². The second-order valence-corrected chi connectivity index (χ2v) is 7.92. The zero-order valence-electron chi connectivity index (χ0n) is 16.1. The zero-order valence-corrected chi connectivity index (χ0v) is 18.5. The molecule has 0 radical (unpaired) electrons. The van der Waals surface area contributed by atoms with Crippen molar-refractivity contribution < 1.29 is 9.18 Å². The number of amides is 1. The van der Waals surface area contributed by atoms with Crippen LogP contribution in [-0.4, -0.2) is 43.0 Å². The lowest BCUT2D eigenvalue weighted by atomic mass is 10.2. The lowest BCUT2D eigenvalue weighted by Gasteiger charge is -2.21. The molecule has 8 heteroatoms. The van der Waals surface area contributed by atoms with E-state index in [1.54, 1.807) is 17.0 Å². The Balaban J connectivity index is 0.00000300. The number of aromatic nitrogens is 1. The van der Waals surface area contributed by atoms with Crippen LogP contribution in [0.15, 0.2) is 53.9 Å². The van der Waals surface area contributed by atoms with E-state index < -0.39 is 5.82 Å². The number of carbonyl (C=O) groups excluding carboxylic acids is 1. The highest BCUT2D eigenvalue weighted by atomic mass is 35.5. The number of halogens is 3. The molecule has 0 bridgehead atoms. The van der Waals surface area contributed by atoms with Gasteiger partial charge in [-0.15, -0.1) is 23.7 Å². The minimum Gasteiger partial charge on any atom is -0.309 e. The fourth-order valence-corrected chi connectivity index (χ4v) is 3.73. The SMILES string of the molecule is CN(C)CCCN(C(=O)c1cccc(F)c1)c1nc(-c2ccc(Cl)cc2)cs1.Cl. The van der Waals surface area contributed by atoms with Gasteiger partial charge in [0.2, 0.25) is 0 Å². The maximum atomic E-state index is 13.6. The van der Waals surface area contributed by atoms with Crippen LogP contribution < -0.4 is 4.90 Å². The summed E-state index contributed by atoms with van der Waals surface area (Å²) in [6.07, 6.45) is 0.782. The molecule has 0 spiro atoms. The van der Waals surface area contributed by atoms with E-state index in [-0.39, 0.29) is 18.3 Å². The van der Waals surface area contributed by atoms with Gasteiger partial charge in [-0.05, 0) is 57.4 Å². The fourth-order valence-electron chi connectivity index (χ4n) is 2.75. The van der Waals surface area contributed by atoms with Gasteiger partial charge in [0.25, 0.3) is 5.91 Å². The van der Waals surface area contributed by atoms with Crippen molar-refractivity contribution in [1.29, 1.82) is 0 Å². The molecule has 1 heterocycles. The Labute approximate surface area is 185 Å². The van der Waals surface area contributed by atoms with E-state index in [9.17, 15) is 9.18 Å². The summed E-state index contributed by atoms with van der Waals surface area (Å²) in [7, 11) is 3.97. The van der Waals surface area contributed by atoms with Crippen molar-refractivity contribution in [2.75, 3.05) is 32.1 Å². The van der Waals surface area contributed by atoms with Gasteiger partial charge >= 0.3 is 0 Å². The second kappa shape index (κ2) is 10.7. The van der Waals surface area contributed by atoms with Crippen LogP contribution in [0.25, 0.3) is 11.3 Å². The maximum Gasteiger partial charge on any atom is 0.260 e. The molecule has 3 rings (SSSR count). The number of benzene rings is 2. The quantitative estimate of drug-likeness (QED) is 0.465. The van der Waals surface area contributed by atoms with Crippen LogP contribution in [0, 0.1) is 5.82 Å². The van der Waals surface area contributed by atoms with E-state index in [1.165, 1.54) is 23.5 Å². The Kier molecular flexibility index (Phi) is 8.59. The number of carbonyl (C=O) groups is 1. The van der Waals surface area contributed by atoms with Crippen LogP contribution in [-0.2, 0) is 0 Å². The summed E-state index contributed by atoms with van der Waals surface area (Å²) in [5.74, 6) is -0.685. The second-order valence-electron chi connectivity index (χ2n) is 6.65. The Bertz CT molecular complexity index is 947. The maximum absolute atomic E-state index is 13.6. The number of nitrogens with zero attached hydrogens (tertiary/aromatic N) is 3. The van der Waals surface area contributed by atoms with Crippen molar-refractivity contribution >= 4 is 46.4 Å². The third kappa shape index (κ3) is 6.24. The number of hydrogen-bond acceptors (Lipinski definition) is 4. The molecule has 2 aromatic carbocycles. The first kappa shape index (κ1) is 23.3. The molecule has 0 N–H and O–H groups in total. The largest absolute Gasteiger partial charge is 0.309 e. The summed E-state index contributed by atoms with van der Waals surface area (Å²) < 4.78 is 13.6. The molecule has 0 saturated heterocycles. The standard InChI is InChI=1S/C21H21ClFN3OS.ClH/c1-25(2)11-4-12-26(20(27)16-5-3-6-18(23)13-16)21-24-19(14-28-21)15-7-9-17(22)10-8-15;/h3,5-10,13-14H,4,11-12H2,1-2H3;1H. The van der Waals surface area contributed by atoms with Gasteiger partial charge in [0, 0.05) is 28.1 Å². The van der Waals surface area contributed by atoms with E-state index in [1.807, 2.05) is 43.7 Å². The van der Waals surface area contributed by atoms with E-state index >= 15 is 0 Å². The summed E-state index contributed by atoms with van der Waals surface area (Å²) in [6.45, 7) is 1.34. The predicted octanol–water partition coefficient (Wildman–Crippen LogP) is 5.62. The molecule has 3 aromatic rings. The molecule has 154 valence electrons. The molecule has 0 aliphatic rings. The number of thiazole rings is 1. The zero-order chi connectivity index (χ0) is 20.1. The Hall–Kier alpha value is -1.99. The van der Waals surface area contributed by atoms with E-state index in [0.717, 1.165) is 24.2 Å². The van der Waals surface area contributed by atoms with Crippen molar-refractivity contribution in [2.45, 2.75) is 6.42 Å². The molecule has 0 unspecified atom stereocenters. The molecule has 0 atom stereocenters. The molecular weight excluding hydrogens is 432 g/mol. The van der Waals surface area contributed by atoms with Crippen molar-refractivity contribution in [3.8, 4) is 11.3 Å². The third-order valence-electron chi connectivity index (χ3n) is 4.17. The monoisotopic (exact) mass is 453 g/mol. The summed E-state index contributed by atoms with van der Waals surface area (Å²) in [4.78, 5) is 21.4. The van der Waals surface area contributed by atoms with E-state index in [0.29, 0.717) is 22.3 Å². The predicted molar refractivity (Wildman–Crippen MR) is 121 cm³/mol. The summed E-state index contributed by atoms with van der Waals surface area (Å²) in [5.41, 5.74) is 2.02. The summed E-state index contributed by atoms with van der Waals surface area (Å²) >= 11 is 7.35. The normalized spacial score (nSPS) is 10.7. The third-order valence-corrected chi connectivity index (χ3v) is 5.28. The summed E-state index contributed by atoms with van der Waals surface area (Å²) in [5, 5.41) is 3.17. The molecule has 0 aliphatic carbocycles. The first-order valence-corrected chi connectivity index (χ1v) is 10.1. The molecule has 1 aromatic heterocycles. The van der Waals surface area contributed by atoms with Crippen LogP contribution in [0.3, 0.4) is 0 Å². The van der Waals surface area contributed by atoms with Crippen LogP contribution in [0.5, 0.6) is 0 Å². The first-order valence-electron chi connectivity index (χ1n) is 8.87. The Morgan fingerprint density at radius 3 is 2.52 bits per heavy atom. The van der Waals surface area contributed by atoms with Gasteiger partial charge in [0.05, 0.1) is 5.69 Å². The van der Waals surface area contributed by atoms with Gasteiger partial charge in [0.1, 0.15) is 5.82 Å². The Morgan fingerprint density at radius 1 is 1.14 bits per heavy atom. The van der Waals surface area contributed by atoms with Gasteiger partial charge in [-0.1, -0.05) is 29.8 Å². The van der Waals surface area contributed by atoms with Crippen molar-refractivity contribution in [2.24, 2.45) is 0 Å². The topological polar surface area (TPSA) is 36.4 Å². The van der Waals surface area contributed by atoms with Gasteiger partial charge in [-0.3, -0.25) is 9.69 Å². The minimum absolute atomic E-state index is 0. The lowest BCUT2D eigenvalue weighted by molar-refractivity contribution is 0.0985. The number of rotatable bonds is 7. The van der Waals surface area contributed by atoms with Gasteiger partial charge in [0.15, 0.2) is 5.13 Å². The lowest BCUT2D eigenvalue weighted by Crippen LogP contribution is -2.33. The molecule has 0 fully saturated rings. The molecule has 1 amide bonds. The van der Waals surface area contributed by atoms with Crippen LogP contribution in [0.4, 0.5) is 9.52 Å². The van der Waals surface area contributed by atoms with Crippen LogP contribution in [0.1, 0.15) is 16.8 Å². The van der Waals surface area contributed by atoms with Crippen molar-refractivity contribution in [1.82, 2.24) is 9.88 Å². The average molecular weight is 454 g/mol. The highest BCUT2D eigenvalue weighted by Gasteiger charge is 2.21. The number of hydrogen-bond donors (Lipinski definition) is 0. The molecule has 29 heavy (non-hydrogen) atoms. The van der Waals surface area contributed by atoms with E-state index in [4.69, 9.17) is 11.6 Å². The Morgan fingerprint density at radius 2 is 1.86 bits per heavy atom. The summed E-state index contributed by atoms with van der Waals surface area (Å²) in [6, 6.07) is 13.2. The molecule has 0 saturated carbocycles. The molecule has 0 aliphatic heterocycles.